The summed E-state index contributed by atoms with van der Waals surface area (Å²) in [5, 5.41) is 3.74. The summed E-state index contributed by atoms with van der Waals surface area (Å²) in [6, 6.07) is 1.47. The van der Waals surface area contributed by atoms with Crippen LogP contribution in [0.5, 0.6) is 0 Å². The molecule has 1 N–H and O–H groups in total. The van der Waals surface area contributed by atoms with Gasteiger partial charge in [-0.05, 0) is 45.2 Å². The number of nitrogens with one attached hydrogen (secondary N) is 1. The van der Waals surface area contributed by atoms with E-state index in [1.54, 1.807) is 0 Å². The number of hydrogen-bond acceptors (Lipinski definition) is 2. The summed E-state index contributed by atoms with van der Waals surface area (Å²) in [6.45, 7) is 13.1. The zero-order valence-corrected chi connectivity index (χ0v) is 13.8. The lowest BCUT2D eigenvalue weighted by Gasteiger charge is -2.29. The van der Waals surface area contributed by atoms with Crippen molar-refractivity contribution in [3.63, 3.8) is 0 Å². The van der Waals surface area contributed by atoms with Gasteiger partial charge in [0.1, 0.15) is 0 Å². The molecule has 0 spiro atoms. The molecule has 0 radical (unpaired) electrons. The molecular formula is C17H36N2. The second-order valence-electron chi connectivity index (χ2n) is 6.83. The first-order chi connectivity index (χ1) is 9.13. The molecule has 1 rings (SSSR count). The van der Waals surface area contributed by atoms with E-state index in [1.165, 1.54) is 64.6 Å². The Bertz CT molecular complexity index is 215. The number of nitrogens with zero attached hydrogens (tertiary/aromatic N) is 1. The molecule has 1 aliphatic rings. The molecule has 0 aromatic heterocycles. The first-order valence-electron chi connectivity index (χ1n) is 8.61. The van der Waals surface area contributed by atoms with Crippen LogP contribution in [0.25, 0.3) is 0 Å². The second kappa shape index (κ2) is 9.77. The third kappa shape index (κ3) is 7.31. The Morgan fingerprint density at radius 3 is 2.58 bits per heavy atom. The van der Waals surface area contributed by atoms with Gasteiger partial charge in [0.25, 0.3) is 0 Å². The first-order valence-corrected chi connectivity index (χ1v) is 8.61. The molecule has 2 atom stereocenters. The molecule has 0 aromatic rings. The van der Waals surface area contributed by atoms with Gasteiger partial charge in [-0.15, -0.1) is 0 Å². The van der Waals surface area contributed by atoms with Gasteiger partial charge in [-0.3, -0.25) is 4.90 Å². The smallest absolute Gasteiger partial charge is 0.0197 e. The van der Waals surface area contributed by atoms with Crippen molar-refractivity contribution in [2.24, 2.45) is 5.92 Å². The summed E-state index contributed by atoms with van der Waals surface area (Å²) in [4.78, 5) is 2.74. The van der Waals surface area contributed by atoms with Gasteiger partial charge < -0.3 is 5.32 Å². The van der Waals surface area contributed by atoms with Crippen LogP contribution >= 0.6 is 0 Å². The second-order valence-corrected chi connectivity index (χ2v) is 6.83. The van der Waals surface area contributed by atoms with E-state index in [9.17, 15) is 0 Å². The van der Waals surface area contributed by atoms with Gasteiger partial charge >= 0.3 is 0 Å². The molecule has 0 aliphatic carbocycles. The molecule has 1 fully saturated rings. The Morgan fingerprint density at radius 2 is 1.89 bits per heavy atom. The molecule has 2 nitrogen and oxygen atoms in total. The maximum Gasteiger partial charge on any atom is 0.0197 e. The molecule has 0 saturated carbocycles. The number of unbranched alkanes of at least 4 members (excludes halogenated alkanes) is 4. The van der Waals surface area contributed by atoms with Gasteiger partial charge in [0.05, 0.1) is 0 Å². The lowest BCUT2D eigenvalue weighted by molar-refractivity contribution is 0.194. The van der Waals surface area contributed by atoms with Crippen molar-refractivity contribution in [3.05, 3.63) is 0 Å². The van der Waals surface area contributed by atoms with Crippen LogP contribution in [0.3, 0.4) is 0 Å². The lowest BCUT2D eigenvalue weighted by Crippen LogP contribution is -2.41. The molecule has 1 aliphatic heterocycles. The van der Waals surface area contributed by atoms with Crippen molar-refractivity contribution in [2.75, 3.05) is 19.6 Å². The van der Waals surface area contributed by atoms with Crippen LogP contribution in [0.15, 0.2) is 0 Å². The largest absolute Gasteiger partial charge is 0.313 e. The summed E-state index contributed by atoms with van der Waals surface area (Å²) < 4.78 is 0. The minimum Gasteiger partial charge on any atom is -0.313 e. The van der Waals surface area contributed by atoms with Crippen molar-refractivity contribution >= 4 is 0 Å². The van der Waals surface area contributed by atoms with E-state index in [0.29, 0.717) is 6.04 Å². The highest BCUT2D eigenvalue weighted by atomic mass is 15.2. The van der Waals surface area contributed by atoms with Crippen LogP contribution in [0.1, 0.15) is 72.6 Å². The van der Waals surface area contributed by atoms with Crippen molar-refractivity contribution < 1.29 is 0 Å². The van der Waals surface area contributed by atoms with E-state index in [4.69, 9.17) is 0 Å². The molecule has 19 heavy (non-hydrogen) atoms. The fraction of sp³-hybridized carbons (Fsp3) is 1.00. The molecule has 0 amide bonds. The van der Waals surface area contributed by atoms with Crippen LogP contribution in [0.4, 0.5) is 0 Å². The maximum absolute atomic E-state index is 3.74. The van der Waals surface area contributed by atoms with Crippen LogP contribution in [0.2, 0.25) is 0 Å². The topological polar surface area (TPSA) is 15.3 Å². The Morgan fingerprint density at radius 1 is 1.16 bits per heavy atom. The van der Waals surface area contributed by atoms with Gasteiger partial charge in [0.2, 0.25) is 0 Å². The van der Waals surface area contributed by atoms with Gasteiger partial charge in [0, 0.05) is 18.6 Å². The fourth-order valence-corrected chi connectivity index (χ4v) is 3.16. The lowest BCUT2D eigenvalue weighted by atomic mass is 10.0. The van der Waals surface area contributed by atoms with Gasteiger partial charge in [-0.1, -0.05) is 46.5 Å². The Kier molecular flexibility index (Phi) is 8.72. The van der Waals surface area contributed by atoms with Crippen molar-refractivity contribution in [3.8, 4) is 0 Å². The highest BCUT2D eigenvalue weighted by molar-refractivity contribution is 4.81. The van der Waals surface area contributed by atoms with Gasteiger partial charge in [-0.2, -0.15) is 0 Å². The highest BCUT2D eigenvalue weighted by Gasteiger charge is 2.22. The minimum absolute atomic E-state index is 0.709. The van der Waals surface area contributed by atoms with Crippen LogP contribution in [0, 0.1) is 5.92 Å². The average Bonchev–Trinajstić information content (AvgIpc) is 2.51. The Balaban J connectivity index is 2.30. The molecule has 2 unspecified atom stereocenters. The zero-order valence-electron chi connectivity index (χ0n) is 13.8. The predicted molar refractivity (Wildman–Crippen MR) is 85.7 cm³/mol. The molecule has 0 aromatic carbocycles. The first kappa shape index (κ1) is 17.0. The van der Waals surface area contributed by atoms with E-state index >= 15 is 0 Å². The summed E-state index contributed by atoms with van der Waals surface area (Å²) in [7, 11) is 0. The zero-order chi connectivity index (χ0) is 14.1. The summed E-state index contributed by atoms with van der Waals surface area (Å²) in [5.41, 5.74) is 0. The monoisotopic (exact) mass is 268 g/mol. The quantitative estimate of drug-likeness (QED) is 0.668. The fourth-order valence-electron chi connectivity index (χ4n) is 3.16. The third-order valence-corrected chi connectivity index (χ3v) is 4.38. The van der Waals surface area contributed by atoms with Crippen LogP contribution < -0.4 is 5.32 Å². The molecule has 114 valence electrons. The summed E-state index contributed by atoms with van der Waals surface area (Å²) in [6.07, 6.45) is 9.61. The normalized spacial score (nSPS) is 25.7. The molecule has 1 heterocycles. The number of rotatable bonds is 8. The average molecular weight is 268 g/mol. The van der Waals surface area contributed by atoms with Crippen LogP contribution in [-0.4, -0.2) is 36.6 Å². The van der Waals surface area contributed by atoms with E-state index in [1.807, 2.05) is 0 Å². The minimum atomic E-state index is 0.709. The van der Waals surface area contributed by atoms with E-state index < -0.39 is 0 Å². The standard InChI is InChI=1S/C17H36N2/c1-5-6-7-8-9-12-19-14-17(13-15(2)3)18-11-10-16(19)4/h15-18H,5-14H2,1-4H3. The Hall–Kier alpha value is -0.0800. The van der Waals surface area contributed by atoms with Crippen molar-refractivity contribution in [1.29, 1.82) is 0 Å². The molecular weight excluding hydrogens is 232 g/mol. The maximum atomic E-state index is 3.74. The predicted octanol–water partition coefficient (Wildman–Crippen LogP) is 4.06. The SMILES string of the molecule is CCCCCCCN1CC(CC(C)C)NCCC1C. The molecule has 0 bridgehead atoms. The molecule has 1 saturated heterocycles. The Labute approximate surface area is 121 Å². The van der Waals surface area contributed by atoms with E-state index in [0.717, 1.165) is 12.0 Å². The summed E-state index contributed by atoms with van der Waals surface area (Å²) in [5.74, 6) is 0.803. The van der Waals surface area contributed by atoms with E-state index in [-0.39, 0.29) is 0 Å². The van der Waals surface area contributed by atoms with Crippen molar-refractivity contribution in [1.82, 2.24) is 10.2 Å². The number of hydrogen-bond donors (Lipinski definition) is 1. The van der Waals surface area contributed by atoms with Gasteiger partial charge in [0.15, 0.2) is 0 Å². The van der Waals surface area contributed by atoms with Gasteiger partial charge in [-0.25, -0.2) is 0 Å². The third-order valence-electron chi connectivity index (χ3n) is 4.38. The summed E-state index contributed by atoms with van der Waals surface area (Å²) >= 11 is 0. The van der Waals surface area contributed by atoms with Crippen LogP contribution in [-0.2, 0) is 0 Å². The molecule has 2 heteroatoms. The van der Waals surface area contributed by atoms with Crippen molar-refractivity contribution in [2.45, 2.75) is 84.7 Å². The van der Waals surface area contributed by atoms with E-state index in [2.05, 4.69) is 37.9 Å². The highest BCUT2D eigenvalue weighted by Crippen LogP contribution is 2.15.